The van der Waals surface area contributed by atoms with E-state index >= 15 is 0 Å². The van der Waals surface area contributed by atoms with Crippen LogP contribution in [0.3, 0.4) is 0 Å². The first-order valence-electron chi connectivity index (χ1n) is 5.82. The van der Waals surface area contributed by atoms with E-state index in [0.29, 0.717) is 0 Å². The molecule has 0 heterocycles. The quantitative estimate of drug-likeness (QED) is 0.594. The van der Waals surface area contributed by atoms with Gasteiger partial charge in [0.05, 0.1) is 0 Å². The van der Waals surface area contributed by atoms with E-state index in [1.807, 2.05) is 0 Å². The summed E-state index contributed by atoms with van der Waals surface area (Å²) < 4.78 is 0. The minimum Gasteiger partial charge on any atom is -0.0801 e. The van der Waals surface area contributed by atoms with Crippen molar-refractivity contribution in [2.75, 3.05) is 0 Å². The highest BCUT2D eigenvalue weighted by Crippen LogP contribution is 2.64. The molecule has 16 heavy (non-hydrogen) atoms. The lowest BCUT2D eigenvalue weighted by atomic mass is 10.5. The van der Waals surface area contributed by atoms with Gasteiger partial charge in [-0.25, -0.2) is 0 Å². The molecule has 0 N–H and O–H groups in total. The highest BCUT2D eigenvalue weighted by molar-refractivity contribution is 7.70. The maximum Gasteiger partial charge on any atom is -0.00838 e. The lowest BCUT2D eigenvalue weighted by Crippen LogP contribution is -1.86. The third kappa shape index (κ3) is 1.79. The molecule has 0 nitrogen and oxygen atoms in total. The SMILES string of the molecule is C1=CCC(P(C2=CC=CC2)C2=CC=CC2)=C1. The summed E-state index contributed by atoms with van der Waals surface area (Å²) >= 11 is 0. The smallest absolute Gasteiger partial charge is 0.00838 e. The molecule has 0 fully saturated rings. The molecule has 1 heteroatoms. The molecule has 0 amide bonds. The predicted molar refractivity (Wildman–Crippen MR) is 72.4 cm³/mol. The molecule has 0 aliphatic heterocycles. The fraction of sp³-hybridized carbons (Fsp3) is 0.200. The molecule has 3 aliphatic rings. The maximum absolute atomic E-state index is 2.32. The summed E-state index contributed by atoms with van der Waals surface area (Å²) in [5.41, 5.74) is 0. The first-order valence-corrected chi connectivity index (χ1v) is 7.16. The van der Waals surface area contributed by atoms with Gasteiger partial charge in [-0.05, 0) is 43.1 Å². The van der Waals surface area contributed by atoms with E-state index in [-0.39, 0.29) is 7.92 Å². The van der Waals surface area contributed by atoms with Crippen LogP contribution in [-0.4, -0.2) is 0 Å². The average molecular weight is 226 g/mol. The summed E-state index contributed by atoms with van der Waals surface area (Å²) in [6.45, 7) is 0. The topological polar surface area (TPSA) is 0 Å². The van der Waals surface area contributed by atoms with Crippen molar-refractivity contribution >= 4 is 7.92 Å². The monoisotopic (exact) mass is 226 g/mol. The molecule has 0 aromatic carbocycles. The Morgan fingerprint density at radius 2 is 1.00 bits per heavy atom. The van der Waals surface area contributed by atoms with Gasteiger partial charge in [-0.3, -0.25) is 0 Å². The number of hydrogen-bond acceptors (Lipinski definition) is 0. The average Bonchev–Trinajstić information content (AvgIpc) is 3.02. The van der Waals surface area contributed by atoms with Gasteiger partial charge in [-0.2, -0.15) is 0 Å². The zero-order valence-corrected chi connectivity index (χ0v) is 10.2. The summed E-state index contributed by atoms with van der Waals surface area (Å²) in [5.74, 6) is 0. The molecule has 0 radical (unpaired) electrons. The minimum atomic E-state index is -0.168. The molecular weight excluding hydrogens is 211 g/mol. The van der Waals surface area contributed by atoms with Gasteiger partial charge in [-0.1, -0.05) is 54.7 Å². The first-order chi connectivity index (χ1) is 7.95. The summed E-state index contributed by atoms with van der Waals surface area (Å²) in [6, 6.07) is 0. The molecule has 3 aliphatic carbocycles. The van der Waals surface area contributed by atoms with Crippen molar-refractivity contribution < 1.29 is 0 Å². The second-order valence-electron chi connectivity index (χ2n) is 4.21. The van der Waals surface area contributed by atoms with E-state index in [0.717, 1.165) is 19.3 Å². The van der Waals surface area contributed by atoms with E-state index in [1.165, 1.54) is 0 Å². The van der Waals surface area contributed by atoms with Crippen molar-refractivity contribution in [2.45, 2.75) is 19.3 Å². The Labute approximate surface area is 98.2 Å². The number of hydrogen-bond donors (Lipinski definition) is 0. The number of rotatable bonds is 3. The Bertz CT molecular complexity index is 398. The zero-order chi connectivity index (χ0) is 10.8. The van der Waals surface area contributed by atoms with Gasteiger partial charge in [0.1, 0.15) is 0 Å². The maximum atomic E-state index is 2.32. The molecule has 3 rings (SSSR count). The van der Waals surface area contributed by atoms with Gasteiger partial charge in [0.15, 0.2) is 0 Å². The Balaban J connectivity index is 1.89. The van der Waals surface area contributed by atoms with Gasteiger partial charge < -0.3 is 0 Å². The summed E-state index contributed by atoms with van der Waals surface area (Å²) in [4.78, 5) is 0. The van der Waals surface area contributed by atoms with E-state index in [1.54, 1.807) is 15.9 Å². The molecule has 0 saturated heterocycles. The van der Waals surface area contributed by atoms with Gasteiger partial charge in [0.25, 0.3) is 0 Å². The molecule has 0 aromatic rings. The molecule has 0 spiro atoms. The van der Waals surface area contributed by atoms with Crippen LogP contribution in [-0.2, 0) is 0 Å². The van der Waals surface area contributed by atoms with Crippen LogP contribution in [0.1, 0.15) is 19.3 Å². The van der Waals surface area contributed by atoms with E-state index in [2.05, 4.69) is 54.7 Å². The fourth-order valence-corrected chi connectivity index (χ4v) is 5.03. The van der Waals surface area contributed by atoms with Crippen molar-refractivity contribution in [1.82, 2.24) is 0 Å². The molecule has 0 saturated carbocycles. The van der Waals surface area contributed by atoms with Crippen LogP contribution in [0.2, 0.25) is 0 Å². The van der Waals surface area contributed by atoms with Crippen molar-refractivity contribution in [1.29, 1.82) is 0 Å². The Morgan fingerprint density at radius 1 is 0.625 bits per heavy atom. The first kappa shape index (κ1) is 10.1. The largest absolute Gasteiger partial charge is 0.0801 e. The van der Waals surface area contributed by atoms with Crippen LogP contribution in [0.4, 0.5) is 0 Å². The lowest BCUT2D eigenvalue weighted by Gasteiger charge is -2.22. The molecule has 0 unspecified atom stereocenters. The van der Waals surface area contributed by atoms with Gasteiger partial charge in [-0.15, -0.1) is 0 Å². The van der Waals surface area contributed by atoms with Crippen molar-refractivity contribution in [3.63, 3.8) is 0 Å². The third-order valence-electron chi connectivity index (χ3n) is 3.12. The highest BCUT2D eigenvalue weighted by Gasteiger charge is 2.23. The molecular formula is C15H15P. The number of allylic oxidation sites excluding steroid dienone is 12. The van der Waals surface area contributed by atoms with Crippen LogP contribution < -0.4 is 0 Å². The second-order valence-corrected chi connectivity index (χ2v) is 6.60. The summed E-state index contributed by atoms with van der Waals surface area (Å²) in [6.07, 6.45) is 23.9. The second kappa shape index (κ2) is 4.39. The van der Waals surface area contributed by atoms with E-state index in [9.17, 15) is 0 Å². The van der Waals surface area contributed by atoms with Crippen LogP contribution in [0.5, 0.6) is 0 Å². The van der Waals surface area contributed by atoms with Gasteiger partial charge in [0, 0.05) is 0 Å². The molecule has 0 aromatic heterocycles. The van der Waals surface area contributed by atoms with Crippen molar-refractivity contribution in [3.8, 4) is 0 Å². The standard InChI is InChI=1S/C15H15P/c1-2-8-13(7-1)16(14-9-3-4-10-14)15-11-5-6-12-15/h1-7,9,11H,8,10,12H2. The zero-order valence-electron chi connectivity index (χ0n) is 9.26. The fourth-order valence-electron chi connectivity index (χ4n) is 2.36. The summed E-state index contributed by atoms with van der Waals surface area (Å²) in [5, 5.41) is 4.87. The van der Waals surface area contributed by atoms with Crippen LogP contribution >= 0.6 is 7.92 Å². The van der Waals surface area contributed by atoms with Crippen LogP contribution in [0.15, 0.2) is 70.6 Å². The Kier molecular flexibility index (Phi) is 2.76. The van der Waals surface area contributed by atoms with Crippen LogP contribution in [0, 0.1) is 0 Å². The Morgan fingerprint density at radius 3 is 1.25 bits per heavy atom. The van der Waals surface area contributed by atoms with Crippen LogP contribution in [0.25, 0.3) is 0 Å². The van der Waals surface area contributed by atoms with Crippen molar-refractivity contribution in [3.05, 3.63) is 70.6 Å². The third-order valence-corrected chi connectivity index (χ3v) is 5.83. The minimum absolute atomic E-state index is 0.168. The molecule has 80 valence electrons. The summed E-state index contributed by atoms with van der Waals surface area (Å²) in [7, 11) is -0.168. The van der Waals surface area contributed by atoms with Gasteiger partial charge >= 0.3 is 0 Å². The van der Waals surface area contributed by atoms with E-state index < -0.39 is 0 Å². The van der Waals surface area contributed by atoms with E-state index in [4.69, 9.17) is 0 Å². The Hall–Kier alpha value is -1.13. The highest BCUT2D eigenvalue weighted by atomic mass is 31.1. The normalized spacial score (nSPS) is 21.9. The van der Waals surface area contributed by atoms with Gasteiger partial charge in [0.2, 0.25) is 0 Å². The lowest BCUT2D eigenvalue weighted by molar-refractivity contribution is 1.33. The van der Waals surface area contributed by atoms with Crippen molar-refractivity contribution in [2.24, 2.45) is 0 Å². The molecule has 0 atom stereocenters. The molecule has 0 bridgehead atoms. The predicted octanol–water partition coefficient (Wildman–Crippen LogP) is 5.00.